The fraction of sp³-hybridized carbons (Fsp3) is 0.0667. The van der Waals surface area contributed by atoms with Crippen LogP contribution in [0, 0.1) is 6.92 Å². The molecule has 0 unspecified atom stereocenters. The van der Waals surface area contributed by atoms with Gasteiger partial charge in [-0.25, -0.2) is 0 Å². The summed E-state index contributed by atoms with van der Waals surface area (Å²) in [5.74, 6) is 0. The first-order chi connectivity index (χ1) is 8.25. The number of rotatable bonds is 1. The molecule has 17 heavy (non-hydrogen) atoms. The largest absolute Gasteiger partial charge is 0.399 e. The van der Waals surface area contributed by atoms with Crippen molar-refractivity contribution in [1.82, 2.24) is 4.40 Å². The summed E-state index contributed by atoms with van der Waals surface area (Å²) < 4.78 is 2.20. The lowest BCUT2D eigenvalue weighted by molar-refractivity contribution is 1.19. The molecule has 2 nitrogen and oxygen atoms in total. The van der Waals surface area contributed by atoms with Crippen LogP contribution in [0.1, 0.15) is 5.56 Å². The van der Waals surface area contributed by atoms with Crippen LogP contribution in [0.15, 0.2) is 54.7 Å². The van der Waals surface area contributed by atoms with Gasteiger partial charge in [0.15, 0.2) is 0 Å². The topological polar surface area (TPSA) is 30.4 Å². The minimum Gasteiger partial charge on any atom is -0.399 e. The number of aryl methyl sites for hydroxylation is 1. The molecule has 2 heterocycles. The Morgan fingerprint density at radius 2 is 1.88 bits per heavy atom. The van der Waals surface area contributed by atoms with E-state index in [0.29, 0.717) is 0 Å². The number of anilines is 1. The average Bonchev–Trinajstić information content (AvgIpc) is 2.64. The predicted octanol–water partition coefficient (Wildman–Crippen LogP) is 3.50. The van der Waals surface area contributed by atoms with E-state index in [1.807, 2.05) is 24.3 Å². The van der Waals surface area contributed by atoms with Crippen LogP contribution in [-0.2, 0) is 0 Å². The molecule has 1 aromatic carbocycles. The van der Waals surface area contributed by atoms with Crippen molar-refractivity contribution in [2.45, 2.75) is 6.92 Å². The molecule has 0 atom stereocenters. The third kappa shape index (κ3) is 1.58. The number of fused-ring (bicyclic) bond motifs is 1. The van der Waals surface area contributed by atoms with Crippen LogP contribution in [0.4, 0.5) is 5.69 Å². The third-order valence-electron chi connectivity index (χ3n) is 3.03. The highest BCUT2D eigenvalue weighted by molar-refractivity contribution is 5.73. The Hall–Kier alpha value is -2.22. The highest BCUT2D eigenvalue weighted by atomic mass is 14.9. The highest BCUT2D eigenvalue weighted by Gasteiger charge is 2.08. The summed E-state index contributed by atoms with van der Waals surface area (Å²) in [6.45, 7) is 2.13. The van der Waals surface area contributed by atoms with Gasteiger partial charge in [-0.3, -0.25) is 0 Å². The highest BCUT2D eigenvalue weighted by Crippen LogP contribution is 2.27. The average molecular weight is 222 g/mol. The molecule has 0 saturated heterocycles. The van der Waals surface area contributed by atoms with Gasteiger partial charge < -0.3 is 10.1 Å². The molecule has 3 rings (SSSR count). The normalized spacial score (nSPS) is 10.9. The Morgan fingerprint density at radius 3 is 2.71 bits per heavy atom. The van der Waals surface area contributed by atoms with Crippen molar-refractivity contribution < 1.29 is 0 Å². The molecule has 0 spiro atoms. The van der Waals surface area contributed by atoms with E-state index in [-0.39, 0.29) is 0 Å². The SMILES string of the molecule is Cc1cc2ccccn2c1-c1cccc(N)c1. The van der Waals surface area contributed by atoms with E-state index in [4.69, 9.17) is 5.73 Å². The Labute approximate surface area is 100 Å². The molecule has 2 heteroatoms. The number of benzene rings is 1. The van der Waals surface area contributed by atoms with E-state index in [1.54, 1.807) is 0 Å². The number of pyridine rings is 1. The summed E-state index contributed by atoms with van der Waals surface area (Å²) in [6, 6.07) is 16.4. The van der Waals surface area contributed by atoms with Crippen molar-refractivity contribution in [3.05, 3.63) is 60.3 Å². The first-order valence-corrected chi connectivity index (χ1v) is 5.68. The Balaban J connectivity index is 2.33. The zero-order valence-electron chi connectivity index (χ0n) is 9.72. The summed E-state index contributed by atoms with van der Waals surface area (Å²) in [6.07, 6.45) is 2.08. The number of hydrogen-bond acceptors (Lipinski definition) is 1. The summed E-state index contributed by atoms with van der Waals surface area (Å²) in [5, 5.41) is 0. The zero-order valence-corrected chi connectivity index (χ0v) is 9.72. The lowest BCUT2D eigenvalue weighted by Crippen LogP contribution is -1.90. The Morgan fingerprint density at radius 1 is 1.00 bits per heavy atom. The molecule has 0 saturated carbocycles. The number of nitrogen functional groups attached to an aromatic ring is 1. The molecular weight excluding hydrogens is 208 g/mol. The van der Waals surface area contributed by atoms with Gasteiger partial charge in [-0.2, -0.15) is 0 Å². The maximum absolute atomic E-state index is 5.85. The third-order valence-corrected chi connectivity index (χ3v) is 3.03. The molecule has 0 amide bonds. The lowest BCUT2D eigenvalue weighted by Gasteiger charge is -2.05. The van der Waals surface area contributed by atoms with Gasteiger partial charge in [-0.1, -0.05) is 18.2 Å². The molecule has 0 radical (unpaired) electrons. The van der Waals surface area contributed by atoms with Crippen molar-refractivity contribution in [1.29, 1.82) is 0 Å². The molecule has 0 fully saturated rings. The van der Waals surface area contributed by atoms with Gasteiger partial charge in [-0.15, -0.1) is 0 Å². The smallest absolute Gasteiger partial charge is 0.0558 e. The van der Waals surface area contributed by atoms with Gasteiger partial charge in [0.1, 0.15) is 0 Å². The summed E-state index contributed by atoms with van der Waals surface area (Å²) in [4.78, 5) is 0. The Kier molecular flexibility index (Phi) is 2.15. The standard InChI is InChI=1S/C15H14N2/c1-11-9-14-7-2-3-8-17(14)15(11)12-5-4-6-13(16)10-12/h2-10H,16H2,1H3. The number of nitrogens with two attached hydrogens (primary N) is 1. The van der Waals surface area contributed by atoms with E-state index in [0.717, 1.165) is 11.3 Å². The molecule has 2 N–H and O–H groups in total. The molecule has 3 aromatic rings. The predicted molar refractivity (Wildman–Crippen MR) is 72.0 cm³/mol. The molecule has 0 aliphatic heterocycles. The van der Waals surface area contributed by atoms with Crippen molar-refractivity contribution in [3.63, 3.8) is 0 Å². The van der Waals surface area contributed by atoms with E-state index < -0.39 is 0 Å². The van der Waals surface area contributed by atoms with Crippen LogP contribution in [0.5, 0.6) is 0 Å². The van der Waals surface area contributed by atoms with Crippen LogP contribution in [0.3, 0.4) is 0 Å². The first-order valence-electron chi connectivity index (χ1n) is 5.68. The molecular formula is C15H14N2. The summed E-state index contributed by atoms with van der Waals surface area (Å²) in [5.41, 5.74) is 11.5. The van der Waals surface area contributed by atoms with Crippen LogP contribution in [-0.4, -0.2) is 4.40 Å². The first kappa shape index (κ1) is 9.97. The molecule has 0 bridgehead atoms. The van der Waals surface area contributed by atoms with Crippen molar-refractivity contribution in [3.8, 4) is 11.3 Å². The van der Waals surface area contributed by atoms with Crippen LogP contribution < -0.4 is 5.73 Å². The van der Waals surface area contributed by atoms with Crippen LogP contribution in [0.25, 0.3) is 16.8 Å². The van der Waals surface area contributed by atoms with Crippen LogP contribution >= 0.6 is 0 Å². The molecule has 0 aliphatic carbocycles. The van der Waals surface area contributed by atoms with Crippen molar-refractivity contribution >= 4 is 11.2 Å². The monoisotopic (exact) mass is 222 g/mol. The number of hydrogen-bond donors (Lipinski definition) is 1. The van der Waals surface area contributed by atoms with Crippen LogP contribution in [0.2, 0.25) is 0 Å². The van der Waals surface area contributed by atoms with Gasteiger partial charge in [0, 0.05) is 23.0 Å². The summed E-state index contributed by atoms with van der Waals surface area (Å²) in [7, 11) is 0. The number of aromatic nitrogens is 1. The minimum absolute atomic E-state index is 0.799. The van der Waals surface area contributed by atoms with Crippen molar-refractivity contribution in [2.75, 3.05) is 5.73 Å². The van der Waals surface area contributed by atoms with E-state index in [1.165, 1.54) is 16.8 Å². The lowest BCUT2D eigenvalue weighted by atomic mass is 10.1. The quantitative estimate of drug-likeness (QED) is 0.627. The summed E-state index contributed by atoms with van der Waals surface area (Å²) >= 11 is 0. The molecule has 2 aromatic heterocycles. The van der Waals surface area contributed by atoms with Gasteiger partial charge >= 0.3 is 0 Å². The van der Waals surface area contributed by atoms with E-state index in [2.05, 4.69) is 41.8 Å². The fourth-order valence-electron chi connectivity index (χ4n) is 2.31. The second kappa shape index (κ2) is 3.67. The molecule has 0 aliphatic rings. The molecule has 84 valence electrons. The number of nitrogens with zero attached hydrogens (tertiary/aromatic N) is 1. The van der Waals surface area contributed by atoms with E-state index in [9.17, 15) is 0 Å². The van der Waals surface area contributed by atoms with Gasteiger partial charge in [-0.05, 0) is 42.8 Å². The Bertz CT molecular complexity index is 680. The minimum atomic E-state index is 0.799. The van der Waals surface area contributed by atoms with Gasteiger partial charge in [0.25, 0.3) is 0 Å². The second-order valence-corrected chi connectivity index (χ2v) is 4.30. The fourth-order valence-corrected chi connectivity index (χ4v) is 2.31. The maximum atomic E-state index is 5.85. The van der Waals surface area contributed by atoms with Gasteiger partial charge in [0.05, 0.1) is 5.69 Å². The second-order valence-electron chi connectivity index (χ2n) is 4.30. The van der Waals surface area contributed by atoms with Crippen molar-refractivity contribution in [2.24, 2.45) is 0 Å². The van der Waals surface area contributed by atoms with Gasteiger partial charge in [0.2, 0.25) is 0 Å². The zero-order chi connectivity index (χ0) is 11.8. The van der Waals surface area contributed by atoms with E-state index >= 15 is 0 Å². The maximum Gasteiger partial charge on any atom is 0.0558 e.